The molecule has 0 aromatic rings. The molecule has 0 saturated heterocycles. The predicted molar refractivity (Wildman–Crippen MR) is 8.24 cm³/mol. The van der Waals surface area contributed by atoms with Crippen LogP contribution in [-0.4, -0.2) is 0 Å². The van der Waals surface area contributed by atoms with Gasteiger partial charge >= 0.3 is 215 Å². The van der Waals surface area contributed by atoms with Crippen LogP contribution in [0.1, 0.15) is 0 Å². The van der Waals surface area contributed by atoms with Crippen LogP contribution >= 0.6 is 0 Å². The van der Waals surface area contributed by atoms with Crippen molar-refractivity contribution in [3.63, 3.8) is 0 Å². The fourth-order valence-electron chi connectivity index (χ4n) is 0. The molecule has 0 aromatic carbocycles. The van der Waals surface area contributed by atoms with Crippen LogP contribution < -0.4 is 24.2 Å². The maximum atomic E-state index is 8.56. The molecule has 0 aromatic heterocycles. The van der Waals surface area contributed by atoms with Crippen LogP contribution in [0.25, 0.3) is 0 Å². The molecule has 2 radical (unpaired) electrons. The molecule has 18 nitrogen and oxygen atoms in total. The van der Waals surface area contributed by atoms with Gasteiger partial charge in [0.15, 0.2) is 0 Å². The fourth-order valence-corrected chi connectivity index (χ4v) is 0. The zero-order valence-electron chi connectivity index (χ0n) is 10.7. The van der Waals surface area contributed by atoms with Gasteiger partial charge in [0, 0.05) is 0 Å². The van der Waals surface area contributed by atoms with Crippen molar-refractivity contribution in [1.29, 1.82) is 0 Å². The summed E-state index contributed by atoms with van der Waals surface area (Å²) >= 11 is -23.6. The van der Waals surface area contributed by atoms with Gasteiger partial charge in [-0.2, -0.15) is 0 Å². The Kier molecular flexibility index (Phi) is 90.9. The van der Waals surface area contributed by atoms with Gasteiger partial charge in [0.2, 0.25) is 0 Å². The Morgan fingerprint density at radius 3 is 0.308 bits per heavy atom. The molecule has 0 aliphatic heterocycles. The van der Waals surface area contributed by atoms with Crippen molar-refractivity contribution in [3.8, 4) is 0 Å². The van der Waals surface area contributed by atoms with Crippen LogP contribution in [0.4, 0.5) is 0 Å². The molecular weight excluding hydrogens is 817 g/mol. The van der Waals surface area contributed by atoms with Crippen LogP contribution in [0.2, 0.25) is 0 Å². The van der Waals surface area contributed by atoms with E-state index in [1.165, 1.54) is 0 Å². The van der Waals surface area contributed by atoms with Crippen molar-refractivity contribution in [1.82, 2.24) is 0 Å². The minimum absolute atomic E-state index is 0. The number of rotatable bonds is 0. The first-order chi connectivity index (χ1) is 10.4. The van der Waals surface area contributed by atoms with Gasteiger partial charge in [0.1, 0.15) is 0 Å². The molecule has 0 atom stereocenters. The molecule has 0 bridgehead atoms. The molecule has 26 heteroatoms. The van der Waals surface area contributed by atoms with Crippen molar-refractivity contribution >= 4 is 0 Å². The summed E-state index contributed by atoms with van der Waals surface area (Å²) in [4.78, 5) is 0. The van der Waals surface area contributed by atoms with Gasteiger partial charge in [0.25, 0.3) is 0 Å². The summed E-state index contributed by atoms with van der Waals surface area (Å²) in [6.07, 6.45) is 0. The topological polar surface area (TPSA) is 343 Å². The Morgan fingerprint density at radius 2 is 0.308 bits per heavy atom. The molecule has 0 spiro atoms. The van der Waals surface area contributed by atoms with E-state index in [0.717, 1.165) is 0 Å². The average Bonchev–Trinajstić information content (AvgIpc) is 2.08. The summed E-state index contributed by atoms with van der Waals surface area (Å²) in [6.45, 7) is 0. The van der Waals surface area contributed by atoms with Crippen molar-refractivity contribution in [2.75, 3.05) is 0 Å². The quantitative estimate of drug-likeness (QED) is 0.205. The Morgan fingerprint density at radius 1 is 0.308 bits per heavy atom. The van der Waals surface area contributed by atoms with Crippen LogP contribution in [0.5, 0.6) is 0 Å². The first kappa shape index (κ1) is 51.4. The summed E-state index contributed by atoms with van der Waals surface area (Å²) in [5.41, 5.74) is 0. The summed E-state index contributed by atoms with van der Waals surface area (Å²) in [6, 6.07) is 0. The Balaban J connectivity index is -0.0000000245. The first-order valence-corrected chi connectivity index (χ1v) is 13.5. The maximum absolute atomic E-state index is 8.56. The first-order valence-electron chi connectivity index (χ1n) is 3.29. The van der Waals surface area contributed by atoms with Crippen molar-refractivity contribution in [3.05, 3.63) is 0 Å². The third kappa shape index (κ3) is 2520. The molecule has 0 N–H and O–H groups in total. The van der Waals surface area contributed by atoms with Gasteiger partial charge < -0.3 is 0 Å². The van der Waals surface area contributed by atoms with Crippen molar-refractivity contribution in [2.45, 2.75) is 0 Å². The molecule has 0 saturated carbocycles. The van der Waals surface area contributed by atoms with Crippen LogP contribution in [-0.2, 0) is 154 Å². The van der Waals surface area contributed by atoms with E-state index in [1.54, 1.807) is 0 Å². The van der Waals surface area contributed by atoms with E-state index in [4.69, 9.17) is 68.3 Å². The molecule has 0 fully saturated rings. The molecule has 26 heavy (non-hydrogen) atoms. The zero-order chi connectivity index (χ0) is 21.5. The number of hydrogen-bond acceptors (Lipinski definition) is 18. The fraction of sp³-hybridized carbons (Fsp3) is 0. The van der Waals surface area contributed by atoms with E-state index in [2.05, 4.69) is 0 Å². The summed E-state index contributed by atoms with van der Waals surface area (Å²) in [5.74, 6) is 0. The van der Waals surface area contributed by atoms with Crippen LogP contribution in [0, 0.1) is 37.3 Å². The van der Waals surface area contributed by atoms with Gasteiger partial charge in [-0.05, 0) is 0 Å². The second-order valence-corrected chi connectivity index (χ2v) is 5.53. The zero-order valence-corrected chi connectivity index (χ0v) is 22.0. The Labute approximate surface area is 211 Å². The minimum atomic E-state index is -3.94. The predicted octanol–water partition coefficient (Wildman–Crippen LogP) is -8.58. The third-order valence-corrected chi connectivity index (χ3v) is 0. The monoisotopic (exact) mass is 815 g/mol. The van der Waals surface area contributed by atoms with Gasteiger partial charge in [-0.25, -0.2) is 0 Å². The normalized spacial score (nSPS) is 5.77. The third-order valence-electron chi connectivity index (χ3n) is 0. The summed E-state index contributed by atoms with van der Waals surface area (Å²) < 4.78 is 154. The Bertz CT molecular complexity index is 477. The molecule has 0 unspecified atom stereocenters. The van der Waals surface area contributed by atoms with E-state index in [0.29, 0.717) is 0 Å². The average molecular weight is 817 g/mol. The van der Waals surface area contributed by atoms with E-state index in [-0.39, 0.29) is 54.4 Å². The standard InChI is InChI=1S/Er.Fe.18O.6V/q2*+3;;;;;;;;;;;;;6*-1;;;;;;. The molecule has 0 aliphatic rings. The molecule has 0 heterocycles. The SMILES string of the molecule is [Er+3].[Fe+3].[O]=[V](=[O])[O-].[O]=[V](=[O])[O-].[O]=[V](=[O])[O-].[O]=[V](=[O])[O-].[O]=[V](=[O])[O-].[O]=[V](=[O])[O-]. The Hall–Kier alpha value is 2.63. The molecule has 158 valence electrons. The van der Waals surface area contributed by atoms with Gasteiger partial charge in [0.05, 0.1) is 0 Å². The van der Waals surface area contributed by atoms with E-state index in [9.17, 15) is 0 Å². The summed E-state index contributed by atoms with van der Waals surface area (Å²) in [5, 5.41) is 0. The van der Waals surface area contributed by atoms with E-state index in [1.807, 2.05) is 0 Å². The van der Waals surface area contributed by atoms with E-state index < -0.39 is 92.4 Å². The van der Waals surface area contributed by atoms with Gasteiger partial charge in [-0.3, -0.25) is 0 Å². The summed E-state index contributed by atoms with van der Waals surface area (Å²) in [7, 11) is 0. The van der Waals surface area contributed by atoms with Crippen LogP contribution in [0.15, 0.2) is 0 Å². The second kappa shape index (κ2) is 46.0. The van der Waals surface area contributed by atoms with Gasteiger partial charge in [-0.15, -0.1) is 0 Å². The molecule has 0 rings (SSSR count). The van der Waals surface area contributed by atoms with Crippen LogP contribution in [0.3, 0.4) is 0 Å². The number of hydrogen-bond donors (Lipinski definition) is 0. The van der Waals surface area contributed by atoms with Crippen molar-refractivity contribution < 1.29 is 215 Å². The molecular formula is ErFeO18V6. The van der Waals surface area contributed by atoms with E-state index >= 15 is 0 Å². The molecule has 0 amide bonds. The van der Waals surface area contributed by atoms with Gasteiger partial charge in [-0.1, -0.05) is 0 Å². The van der Waals surface area contributed by atoms with Crippen molar-refractivity contribution in [2.24, 2.45) is 0 Å². The molecule has 0 aliphatic carbocycles. The second-order valence-electron chi connectivity index (χ2n) is 1.34.